The van der Waals surface area contributed by atoms with Crippen LogP contribution in [0.3, 0.4) is 0 Å². The Hall–Kier alpha value is -2.09. The number of aliphatic hydroxyl groups is 1. The van der Waals surface area contributed by atoms with Gasteiger partial charge in [0.25, 0.3) is 0 Å². The minimum atomic E-state index is -0.843. The molecule has 0 heterocycles. The van der Waals surface area contributed by atoms with Gasteiger partial charge in [0.15, 0.2) is 0 Å². The van der Waals surface area contributed by atoms with Gasteiger partial charge in [-0.2, -0.15) is 0 Å². The Morgan fingerprint density at radius 2 is 1.83 bits per heavy atom. The van der Waals surface area contributed by atoms with Crippen molar-refractivity contribution in [1.29, 1.82) is 0 Å². The second-order valence-electron chi connectivity index (χ2n) is 5.04. The molecule has 4 heteroatoms. The molecule has 0 radical (unpaired) electrons. The lowest BCUT2D eigenvalue weighted by Gasteiger charge is -2.04. The lowest BCUT2D eigenvalue weighted by Crippen LogP contribution is -2.23. The van der Waals surface area contributed by atoms with Crippen LogP contribution in [0, 0.1) is 11.8 Å². The molecule has 0 saturated carbocycles. The normalized spacial score (nSPS) is 11.2. The summed E-state index contributed by atoms with van der Waals surface area (Å²) in [5, 5.41) is 12.7. The molecule has 0 aliphatic heterocycles. The Labute approximate surface area is 144 Å². The van der Waals surface area contributed by atoms with Gasteiger partial charge in [-0.3, -0.25) is 4.79 Å². The minimum absolute atomic E-state index is 0.0405. The van der Waals surface area contributed by atoms with E-state index in [1.54, 1.807) is 0 Å². The molecule has 1 amide bonds. The lowest BCUT2D eigenvalue weighted by molar-refractivity contribution is -0.120. The molecule has 23 heavy (non-hydrogen) atoms. The Morgan fingerprint density at radius 1 is 1.13 bits per heavy atom. The molecule has 2 aromatic carbocycles. The molecule has 0 aromatic heterocycles. The Balaban J connectivity index is 1.72. The zero-order chi connectivity index (χ0) is 16.5. The number of carbonyl (C=O) groups is 1. The third kappa shape index (κ3) is 6.27. The lowest BCUT2D eigenvalue weighted by atomic mass is 10.1. The average Bonchev–Trinajstić information content (AvgIpc) is 2.58. The summed E-state index contributed by atoms with van der Waals surface area (Å²) >= 11 is 3.34. The molecule has 0 saturated heterocycles. The fourth-order valence-corrected chi connectivity index (χ4v) is 2.27. The van der Waals surface area contributed by atoms with Crippen molar-refractivity contribution in [2.45, 2.75) is 18.9 Å². The number of hydrogen-bond donors (Lipinski definition) is 2. The highest BCUT2D eigenvalue weighted by atomic mass is 79.9. The van der Waals surface area contributed by atoms with Crippen LogP contribution in [0.5, 0.6) is 0 Å². The van der Waals surface area contributed by atoms with Crippen molar-refractivity contribution in [2.75, 3.05) is 6.54 Å². The molecular weight excluding hydrogens is 354 g/mol. The molecule has 0 spiro atoms. The highest BCUT2D eigenvalue weighted by Gasteiger charge is 2.03. The SMILES string of the molecule is O=C(CCc1ccccc1)NCC#CC(O)c1ccc(Br)cc1. The van der Waals surface area contributed by atoms with Crippen molar-refractivity contribution in [3.63, 3.8) is 0 Å². The molecule has 2 N–H and O–H groups in total. The second-order valence-corrected chi connectivity index (χ2v) is 5.95. The van der Waals surface area contributed by atoms with Crippen molar-refractivity contribution in [2.24, 2.45) is 0 Å². The van der Waals surface area contributed by atoms with Gasteiger partial charge in [0.1, 0.15) is 6.10 Å². The predicted molar refractivity (Wildman–Crippen MR) is 94.7 cm³/mol. The fraction of sp³-hybridized carbons (Fsp3) is 0.211. The number of benzene rings is 2. The summed E-state index contributed by atoms with van der Waals surface area (Å²) in [7, 11) is 0. The van der Waals surface area contributed by atoms with E-state index in [4.69, 9.17) is 0 Å². The molecule has 118 valence electrons. The van der Waals surface area contributed by atoms with Crippen LogP contribution in [-0.4, -0.2) is 17.6 Å². The smallest absolute Gasteiger partial charge is 0.221 e. The number of rotatable bonds is 5. The maximum absolute atomic E-state index is 11.7. The summed E-state index contributed by atoms with van der Waals surface area (Å²) < 4.78 is 0.951. The first-order chi connectivity index (χ1) is 11.1. The van der Waals surface area contributed by atoms with Crippen LogP contribution in [0.1, 0.15) is 23.7 Å². The van der Waals surface area contributed by atoms with Crippen LogP contribution in [0.25, 0.3) is 0 Å². The van der Waals surface area contributed by atoms with Gasteiger partial charge in [-0.05, 0) is 29.7 Å². The number of carbonyl (C=O) groups excluding carboxylic acids is 1. The zero-order valence-electron chi connectivity index (χ0n) is 12.6. The van der Waals surface area contributed by atoms with Crippen molar-refractivity contribution < 1.29 is 9.90 Å². The molecule has 1 unspecified atom stereocenters. The highest BCUT2D eigenvalue weighted by molar-refractivity contribution is 9.10. The summed E-state index contributed by atoms with van der Waals surface area (Å²) in [6, 6.07) is 17.2. The van der Waals surface area contributed by atoms with Crippen molar-refractivity contribution in [3.8, 4) is 11.8 Å². The van der Waals surface area contributed by atoms with E-state index in [0.717, 1.165) is 15.6 Å². The highest BCUT2D eigenvalue weighted by Crippen LogP contribution is 2.15. The van der Waals surface area contributed by atoms with Crippen LogP contribution < -0.4 is 5.32 Å². The molecule has 2 rings (SSSR count). The summed E-state index contributed by atoms with van der Waals surface area (Å²) in [6.07, 6.45) is 0.298. The summed E-state index contributed by atoms with van der Waals surface area (Å²) in [5.41, 5.74) is 1.87. The Bertz CT molecular complexity index is 687. The Morgan fingerprint density at radius 3 is 2.52 bits per heavy atom. The molecule has 0 fully saturated rings. The van der Waals surface area contributed by atoms with E-state index < -0.39 is 6.10 Å². The predicted octanol–water partition coefficient (Wildman–Crippen LogP) is 3.23. The number of nitrogens with one attached hydrogen (secondary N) is 1. The largest absolute Gasteiger partial charge is 0.376 e. The number of amides is 1. The van der Waals surface area contributed by atoms with E-state index in [1.807, 2.05) is 54.6 Å². The van der Waals surface area contributed by atoms with Crippen LogP contribution in [-0.2, 0) is 11.2 Å². The molecule has 3 nitrogen and oxygen atoms in total. The number of halogens is 1. The third-order valence-corrected chi connectivity index (χ3v) is 3.81. The van der Waals surface area contributed by atoms with E-state index in [2.05, 4.69) is 33.1 Å². The maximum atomic E-state index is 11.7. The third-order valence-electron chi connectivity index (χ3n) is 3.28. The minimum Gasteiger partial charge on any atom is -0.376 e. The van der Waals surface area contributed by atoms with Crippen LogP contribution in [0.15, 0.2) is 59.1 Å². The van der Waals surface area contributed by atoms with Gasteiger partial charge in [-0.15, -0.1) is 0 Å². The van der Waals surface area contributed by atoms with Gasteiger partial charge in [-0.25, -0.2) is 0 Å². The van der Waals surface area contributed by atoms with Gasteiger partial charge in [0.05, 0.1) is 6.54 Å². The van der Waals surface area contributed by atoms with Crippen molar-refractivity contribution >= 4 is 21.8 Å². The van der Waals surface area contributed by atoms with Crippen LogP contribution in [0.2, 0.25) is 0 Å². The van der Waals surface area contributed by atoms with E-state index in [-0.39, 0.29) is 12.5 Å². The molecule has 0 bridgehead atoms. The van der Waals surface area contributed by atoms with E-state index in [9.17, 15) is 9.90 Å². The molecule has 0 aliphatic carbocycles. The van der Waals surface area contributed by atoms with Crippen LogP contribution >= 0.6 is 15.9 Å². The number of hydrogen-bond acceptors (Lipinski definition) is 2. The topological polar surface area (TPSA) is 49.3 Å². The van der Waals surface area contributed by atoms with Crippen molar-refractivity contribution in [3.05, 3.63) is 70.2 Å². The van der Waals surface area contributed by atoms with E-state index in [0.29, 0.717) is 12.8 Å². The molecule has 0 aliphatic rings. The number of aliphatic hydroxyl groups excluding tert-OH is 1. The first kappa shape index (κ1) is 17.3. The quantitative estimate of drug-likeness (QED) is 0.792. The number of aryl methyl sites for hydroxylation is 1. The average molecular weight is 372 g/mol. The van der Waals surface area contributed by atoms with Gasteiger partial charge in [0, 0.05) is 10.9 Å². The standard InChI is InChI=1S/C19H18BrNO2/c20-17-11-9-16(10-12-17)18(22)7-4-14-21-19(23)13-8-15-5-2-1-3-6-15/h1-3,5-6,9-12,18,22H,8,13-14H2,(H,21,23). The van der Waals surface area contributed by atoms with Gasteiger partial charge < -0.3 is 10.4 Å². The van der Waals surface area contributed by atoms with E-state index >= 15 is 0 Å². The summed E-state index contributed by atoms with van der Waals surface area (Å²) in [5.74, 6) is 5.47. The molecular formula is C19H18BrNO2. The van der Waals surface area contributed by atoms with Gasteiger partial charge >= 0.3 is 0 Å². The maximum Gasteiger partial charge on any atom is 0.221 e. The van der Waals surface area contributed by atoms with Crippen LogP contribution in [0.4, 0.5) is 0 Å². The van der Waals surface area contributed by atoms with Gasteiger partial charge in [0.2, 0.25) is 5.91 Å². The fourth-order valence-electron chi connectivity index (χ4n) is 2.01. The Kier molecular flexibility index (Phi) is 6.86. The monoisotopic (exact) mass is 371 g/mol. The molecule has 1 atom stereocenters. The second kappa shape index (κ2) is 9.14. The van der Waals surface area contributed by atoms with E-state index in [1.165, 1.54) is 0 Å². The summed E-state index contributed by atoms with van der Waals surface area (Å²) in [4.78, 5) is 11.7. The first-order valence-corrected chi connectivity index (χ1v) is 8.17. The molecule has 2 aromatic rings. The first-order valence-electron chi connectivity index (χ1n) is 7.37. The zero-order valence-corrected chi connectivity index (χ0v) is 14.2. The van der Waals surface area contributed by atoms with Gasteiger partial charge in [-0.1, -0.05) is 70.2 Å². The summed E-state index contributed by atoms with van der Waals surface area (Å²) in [6.45, 7) is 0.237. The van der Waals surface area contributed by atoms with Crippen molar-refractivity contribution in [1.82, 2.24) is 5.32 Å².